The number of benzene rings is 1. The van der Waals surface area contributed by atoms with Crippen molar-refractivity contribution in [1.82, 2.24) is 10.2 Å². The topological polar surface area (TPSA) is 118 Å². The molecule has 0 aliphatic carbocycles. The molecule has 2 aromatic rings. The van der Waals surface area contributed by atoms with Crippen molar-refractivity contribution in [2.24, 2.45) is 0 Å². The number of anilines is 1. The van der Waals surface area contributed by atoms with Gasteiger partial charge in [-0.25, -0.2) is 5.10 Å². The highest BCUT2D eigenvalue weighted by molar-refractivity contribution is 6.33. The first-order valence-electron chi connectivity index (χ1n) is 5.28. The summed E-state index contributed by atoms with van der Waals surface area (Å²) in [7, 11) is 0. The van der Waals surface area contributed by atoms with Gasteiger partial charge in [-0.15, -0.1) is 0 Å². The van der Waals surface area contributed by atoms with Crippen molar-refractivity contribution in [3.8, 4) is 0 Å². The van der Waals surface area contributed by atoms with Crippen LogP contribution in [0, 0.1) is 10.1 Å². The summed E-state index contributed by atoms with van der Waals surface area (Å²) in [6, 6.07) is 6.18. The predicted molar refractivity (Wildman–Crippen MR) is 70.9 cm³/mol. The summed E-state index contributed by atoms with van der Waals surface area (Å²) in [5, 5.41) is 18.6. The molecule has 0 aliphatic rings. The molecule has 2 rings (SSSR count). The number of hydrogen-bond donors (Lipinski definition) is 2. The van der Waals surface area contributed by atoms with E-state index in [2.05, 4.69) is 15.5 Å². The Morgan fingerprint density at radius 1 is 1.35 bits per heavy atom. The minimum Gasteiger partial charge on any atom is -0.321 e. The lowest BCUT2D eigenvalue weighted by Crippen LogP contribution is -2.17. The fourth-order valence-corrected chi connectivity index (χ4v) is 1.65. The van der Waals surface area contributed by atoms with Gasteiger partial charge in [0.2, 0.25) is 0 Å². The van der Waals surface area contributed by atoms with Crippen LogP contribution in [0.4, 0.5) is 11.4 Å². The zero-order chi connectivity index (χ0) is 14.7. The van der Waals surface area contributed by atoms with Crippen LogP contribution in [0.5, 0.6) is 0 Å². The summed E-state index contributed by atoms with van der Waals surface area (Å²) in [5.41, 5.74) is -0.413. The molecule has 0 bridgehead atoms. The molecule has 0 radical (unpaired) electrons. The molecule has 20 heavy (non-hydrogen) atoms. The van der Waals surface area contributed by atoms with Crippen LogP contribution in [0.3, 0.4) is 0 Å². The van der Waals surface area contributed by atoms with Gasteiger partial charge < -0.3 is 5.32 Å². The molecule has 0 atom stereocenters. The van der Waals surface area contributed by atoms with Gasteiger partial charge in [0, 0.05) is 17.8 Å². The second-order valence-corrected chi connectivity index (χ2v) is 4.09. The number of halogens is 1. The van der Waals surface area contributed by atoms with Crippen molar-refractivity contribution in [3.63, 3.8) is 0 Å². The number of amides is 1. The van der Waals surface area contributed by atoms with E-state index >= 15 is 0 Å². The van der Waals surface area contributed by atoms with E-state index in [4.69, 9.17) is 11.6 Å². The van der Waals surface area contributed by atoms with Crippen molar-refractivity contribution in [2.75, 3.05) is 5.32 Å². The zero-order valence-electron chi connectivity index (χ0n) is 9.79. The summed E-state index contributed by atoms with van der Waals surface area (Å²) < 4.78 is 0. The molecule has 1 aromatic heterocycles. The first kappa shape index (κ1) is 13.7. The molecule has 0 unspecified atom stereocenters. The first-order chi connectivity index (χ1) is 9.47. The van der Waals surface area contributed by atoms with Crippen LogP contribution in [0.1, 0.15) is 10.5 Å². The van der Waals surface area contributed by atoms with Crippen LogP contribution in [-0.2, 0) is 0 Å². The molecule has 1 amide bonds. The lowest BCUT2D eigenvalue weighted by molar-refractivity contribution is -0.384. The van der Waals surface area contributed by atoms with E-state index < -0.39 is 16.4 Å². The summed E-state index contributed by atoms with van der Waals surface area (Å²) in [6.07, 6.45) is 0. The lowest BCUT2D eigenvalue weighted by atomic mass is 10.2. The number of rotatable bonds is 3. The molecule has 1 heterocycles. The molecular weight excluding hydrogens is 288 g/mol. The number of nitro groups is 1. The van der Waals surface area contributed by atoms with Gasteiger partial charge in [-0.1, -0.05) is 11.6 Å². The average Bonchev–Trinajstić information content (AvgIpc) is 2.39. The molecular formula is C11H7ClN4O4. The number of nitrogens with zero attached hydrogens (tertiary/aromatic N) is 2. The maximum absolute atomic E-state index is 11.8. The summed E-state index contributed by atoms with van der Waals surface area (Å²) in [5.74, 6) is -0.578. The minimum absolute atomic E-state index is 0.000856. The van der Waals surface area contributed by atoms with Gasteiger partial charge >= 0.3 is 0 Å². The number of aromatic nitrogens is 2. The normalized spacial score (nSPS) is 10.1. The van der Waals surface area contributed by atoms with Crippen molar-refractivity contribution in [3.05, 3.63) is 61.5 Å². The minimum atomic E-state index is -0.628. The molecule has 0 aliphatic heterocycles. The van der Waals surface area contributed by atoms with Crippen LogP contribution in [0.15, 0.2) is 35.1 Å². The van der Waals surface area contributed by atoms with E-state index in [9.17, 15) is 19.7 Å². The van der Waals surface area contributed by atoms with Crippen molar-refractivity contribution in [1.29, 1.82) is 0 Å². The van der Waals surface area contributed by atoms with Gasteiger partial charge in [-0.05, 0) is 18.2 Å². The molecule has 0 saturated carbocycles. The second-order valence-electron chi connectivity index (χ2n) is 3.68. The van der Waals surface area contributed by atoms with E-state index in [1.807, 2.05) is 0 Å². The molecule has 102 valence electrons. The predicted octanol–water partition coefficient (Wildman–Crippen LogP) is 1.58. The average molecular weight is 295 g/mol. The Morgan fingerprint density at radius 3 is 2.65 bits per heavy atom. The fraction of sp³-hybridized carbons (Fsp3) is 0. The van der Waals surface area contributed by atoms with E-state index in [-0.39, 0.29) is 22.1 Å². The molecule has 2 N–H and O–H groups in total. The second kappa shape index (κ2) is 5.49. The van der Waals surface area contributed by atoms with Gasteiger partial charge in [0.05, 0.1) is 4.92 Å². The maximum Gasteiger partial charge on any atom is 0.288 e. The van der Waals surface area contributed by atoms with Crippen molar-refractivity contribution in [2.45, 2.75) is 0 Å². The number of hydrogen-bond acceptors (Lipinski definition) is 5. The van der Waals surface area contributed by atoms with Crippen LogP contribution >= 0.6 is 11.6 Å². The number of H-pyrrole nitrogens is 1. The van der Waals surface area contributed by atoms with Crippen LogP contribution in [-0.4, -0.2) is 21.0 Å². The lowest BCUT2D eigenvalue weighted by Gasteiger charge is -2.04. The fourth-order valence-electron chi connectivity index (χ4n) is 1.40. The summed E-state index contributed by atoms with van der Waals surface area (Å²) >= 11 is 5.72. The van der Waals surface area contributed by atoms with Crippen molar-refractivity contribution >= 4 is 28.9 Å². The van der Waals surface area contributed by atoms with E-state index in [1.165, 1.54) is 24.3 Å². The van der Waals surface area contributed by atoms with Gasteiger partial charge in [-0.3, -0.25) is 19.7 Å². The highest BCUT2D eigenvalue weighted by Gasteiger charge is 2.14. The van der Waals surface area contributed by atoms with E-state index in [1.54, 1.807) is 0 Å². The highest BCUT2D eigenvalue weighted by atomic mass is 35.5. The third-order valence-electron chi connectivity index (χ3n) is 2.31. The van der Waals surface area contributed by atoms with Gasteiger partial charge in [0.1, 0.15) is 10.7 Å². The summed E-state index contributed by atoms with van der Waals surface area (Å²) in [6.45, 7) is 0. The smallest absolute Gasteiger partial charge is 0.288 e. The number of carbonyl (C=O) groups excluding carboxylic acids is 1. The van der Waals surface area contributed by atoms with Gasteiger partial charge in [0.15, 0.2) is 0 Å². The van der Waals surface area contributed by atoms with E-state index in [0.29, 0.717) is 0 Å². The number of nitrogens with one attached hydrogen (secondary N) is 2. The quantitative estimate of drug-likeness (QED) is 0.658. The Balaban J connectivity index is 2.20. The highest BCUT2D eigenvalue weighted by Crippen LogP contribution is 2.27. The SMILES string of the molecule is O=C(Nc1ccc([N+](=O)[O-])c(Cl)c1)c1ccc(=O)[nH]n1. The molecule has 1 aromatic carbocycles. The Labute approximate surface area is 116 Å². The Kier molecular flexibility index (Phi) is 3.76. The summed E-state index contributed by atoms with van der Waals surface area (Å²) in [4.78, 5) is 32.6. The molecule has 0 fully saturated rings. The van der Waals surface area contributed by atoms with Crippen LogP contribution in [0.25, 0.3) is 0 Å². The number of carbonyl (C=O) groups is 1. The van der Waals surface area contributed by atoms with Crippen LogP contribution < -0.4 is 10.9 Å². The molecule has 8 nitrogen and oxygen atoms in total. The standard InChI is InChI=1S/C11H7ClN4O4/c12-7-5-6(1-3-9(7)16(19)20)13-11(18)8-2-4-10(17)15-14-8/h1-5H,(H,13,18)(H,15,17). The van der Waals surface area contributed by atoms with Crippen LogP contribution in [0.2, 0.25) is 5.02 Å². The third kappa shape index (κ3) is 2.98. The first-order valence-corrected chi connectivity index (χ1v) is 5.66. The van der Waals surface area contributed by atoms with Gasteiger partial charge in [-0.2, -0.15) is 5.10 Å². The number of aromatic amines is 1. The molecule has 0 spiro atoms. The maximum atomic E-state index is 11.8. The Bertz CT molecular complexity index is 723. The third-order valence-corrected chi connectivity index (χ3v) is 2.62. The number of nitro benzene ring substituents is 1. The molecule has 9 heteroatoms. The van der Waals surface area contributed by atoms with E-state index in [0.717, 1.165) is 6.07 Å². The Morgan fingerprint density at radius 2 is 2.10 bits per heavy atom. The largest absolute Gasteiger partial charge is 0.321 e. The zero-order valence-corrected chi connectivity index (χ0v) is 10.5. The van der Waals surface area contributed by atoms with Crippen molar-refractivity contribution < 1.29 is 9.72 Å². The monoisotopic (exact) mass is 294 g/mol. The Hall–Kier alpha value is -2.74. The van der Waals surface area contributed by atoms with Gasteiger partial charge in [0.25, 0.3) is 17.2 Å². The molecule has 0 saturated heterocycles.